The number of aromatic amines is 1. The summed E-state index contributed by atoms with van der Waals surface area (Å²) in [6.45, 7) is -1.01. The first-order valence-corrected chi connectivity index (χ1v) is 3.09. The Morgan fingerprint density at radius 1 is 1.92 bits per heavy atom. The van der Waals surface area contributed by atoms with Crippen molar-refractivity contribution in [3.63, 3.8) is 0 Å². The maximum atomic E-state index is 11.8. The topological polar surface area (TPSA) is 92.1 Å². The van der Waals surface area contributed by atoms with Gasteiger partial charge in [0.15, 0.2) is 0 Å². The van der Waals surface area contributed by atoms with Crippen LogP contribution in [0.25, 0.3) is 0 Å². The monoisotopic (exact) mass is 175 g/mol. The van der Waals surface area contributed by atoms with Crippen LogP contribution in [0, 0.1) is 10.1 Å². The molecule has 12 heavy (non-hydrogen) atoms. The van der Waals surface area contributed by atoms with Gasteiger partial charge in [-0.05, 0) is 4.92 Å². The molecule has 0 aliphatic carbocycles. The van der Waals surface area contributed by atoms with Gasteiger partial charge in [0, 0.05) is 0 Å². The van der Waals surface area contributed by atoms with E-state index in [1.54, 1.807) is 0 Å². The van der Waals surface area contributed by atoms with Gasteiger partial charge in [0.1, 0.15) is 18.5 Å². The number of aliphatic hydroxyl groups excluding tert-OH is 1. The maximum Gasteiger partial charge on any atom is 0.342 e. The first kappa shape index (κ1) is 8.60. The van der Waals surface area contributed by atoms with Gasteiger partial charge in [0.25, 0.3) is 0 Å². The van der Waals surface area contributed by atoms with Crippen LogP contribution in [0.4, 0.5) is 10.2 Å². The molecule has 66 valence electrons. The van der Waals surface area contributed by atoms with Crippen molar-refractivity contribution >= 4 is 5.82 Å². The van der Waals surface area contributed by atoms with Gasteiger partial charge >= 0.3 is 5.82 Å². The molecule has 0 aromatic carbocycles. The van der Waals surface area contributed by atoms with Crippen LogP contribution in [0.15, 0.2) is 6.07 Å². The van der Waals surface area contributed by atoms with E-state index in [-0.39, 0.29) is 11.5 Å². The van der Waals surface area contributed by atoms with Crippen molar-refractivity contribution in [1.29, 1.82) is 0 Å². The quantitative estimate of drug-likeness (QED) is 0.511. The Balaban J connectivity index is 2.84. The molecular weight excluding hydrogens is 169 g/mol. The summed E-state index contributed by atoms with van der Waals surface area (Å²) in [5.74, 6) is -0.363. The number of H-pyrrole nitrogens is 1. The van der Waals surface area contributed by atoms with Crippen LogP contribution in [0.1, 0.15) is 11.8 Å². The lowest BCUT2D eigenvalue weighted by molar-refractivity contribution is -0.389. The second-order valence-electron chi connectivity index (χ2n) is 2.11. The van der Waals surface area contributed by atoms with E-state index in [1.165, 1.54) is 0 Å². The highest BCUT2D eigenvalue weighted by Crippen LogP contribution is 2.15. The lowest BCUT2D eigenvalue weighted by Gasteiger charge is -1.96. The Bertz CT molecular complexity index is 287. The number of alkyl halides is 1. The molecule has 0 radical (unpaired) electrons. The zero-order chi connectivity index (χ0) is 9.14. The van der Waals surface area contributed by atoms with Crippen molar-refractivity contribution in [2.75, 3.05) is 6.67 Å². The molecule has 7 heteroatoms. The fraction of sp³-hybridized carbons (Fsp3) is 0.400. The van der Waals surface area contributed by atoms with Gasteiger partial charge in [0.05, 0.1) is 6.07 Å². The SMILES string of the molecule is O=[N+]([O-])c1cc(C(O)CF)n[nH]1. The molecule has 0 saturated carbocycles. The van der Waals surface area contributed by atoms with E-state index in [9.17, 15) is 14.5 Å². The van der Waals surface area contributed by atoms with Crippen LogP contribution >= 0.6 is 0 Å². The minimum atomic E-state index is -1.39. The maximum absolute atomic E-state index is 11.8. The molecule has 0 saturated heterocycles. The minimum absolute atomic E-state index is 0.0656. The third kappa shape index (κ3) is 1.56. The Hall–Kier alpha value is -1.50. The van der Waals surface area contributed by atoms with E-state index < -0.39 is 17.7 Å². The number of nitrogens with zero attached hydrogens (tertiary/aromatic N) is 2. The van der Waals surface area contributed by atoms with E-state index in [2.05, 4.69) is 5.10 Å². The van der Waals surface area contributed by atoms with E-state index in [4.69, 9.17) is 5.11 Å². The van der Waals surface area contributed by atoms with Crippen molar-refractivity contribution in [2.24, 2.45) is 0 Å². The van der Waals surface area contributed by atoms with Gasteiger partial charge < -0.3 is 15.2 Å². The fourth-order valence-corrected chi connectivity index (χ4v) is 0.670. The zero-order valence-corrected chi connectivity index (χ0v) is 5.90. The predicted octanol–water partition coefficient (Wildman–Crippen LogP) is 0.321. The molecule has 0 fully saturated rings. The largest absolute Gasteiger partial charge is 0.384 e. The smallest absolute Gasteiger partial charge is 0.342 e. The molecule has 1 atom stereocenters. The standard InChI is InChI=1S/C5H6FN3O3/c6-2-4(10)3-1-5(8-7-3)9(11)12/h1,4,10H,2H2,(H,7,8). The zero-order valence-electron chi connectivity index (χ0n) is 5.90. The number of hydrogen-bond acceptors (Lipinski definition) is 4. The molecule has 1 aromatic rings. The Morgan fingerprint density at radius 3 is 3.00 bits per heavy atom. The second kappa shape index (κ2) is 3.26. The lowest BCUT2D eigenvalue weighted by atomic mass is 10.3. The Kier molecular flexibility index (Phi) is 2.34. The van der Waals surface area contributed by atoms with Gasteiger partial charge in [-0.3, -0.25) is 0 Å². The molecular formula is C5H6FN3O3. The molecule has 2 N–H and O–H groups in total. The van der Waals surface area contributed by atoms with Crippen molar-refractivity contribution in [1.82, 2.24) is 10.2 Å². The molecule has 0 spiro atoms. The number of halogens is 1. The number of rotatable bonds is 3. The number of hydrogen-bond donors (Lipinski definition) is 2. The number of aromatic nitrogens is 2. The highest BCUT2D eigenvalue weighted by atomic mass is 19.1. The first-order chi connectivity index (χ1) is 5.65. The summed E-state index contributed by atoms with van der Waals surface area (Å²) in [5, 5.41) is 24.3. The van der Waals surface area contributed by atoms with Gasteiger partial charge in [-0.1, -0.05) is 5.10 Å². The molecule has 6 nitrogen and oxygen atoms in total. The molecule has 1 rings (SSSR count). The van der Waals surface area contributed by atoms with Crippen LogP contribution in [-0.2, 0) is 0 Å². The third-order valence-electron chi connectivity index (χ3n) is 1.27. The highest BCUT2D eigenvalue weighted by molar-refractivity contribution is 5.21. The molecule has 1 aromatic heterocycles. The van der Waals surface area contributed by atoms with Crippen molar-refractivity contribution < 1.29 is 14.4 Å². The van der Waals surface area contributed by atoms with E-state index in [0.717, 1.165) is 6.07 Å². The number of aliphatic hydroxyl groups is 1. The summed E-state index contributed by atoms with van der Waals surface area (Å²) < 4.78 is 11.8. The van der Waals surface area contributed by atoms with Crippen LogP contribution < -0.4 is 0 Å². The van der Waals surface area contributed by atoms with E-state index in [1.807, 2.05) is 5.10 Å². The Morgan fingerprint density at radius 2 is 2.58 bits per heavy atom. The number of nitrogens with one attached hydrogen (secondary N) is 1. The molecule has 1 heterocycles. The van der Waals surface area contributed by atoms with Crippen molar-refractivity contribution in [3.8, 4) is 0 Å². The van der Waals surface area contributed by atoms with Gasteiger partial charge in [-0.25, -0.2) is 4.39 Å². The third-order valence-corrected chi connectivity index (χ3v) is 1.27. The second-order valence-corrected chi connectivity index (χ2v) is 2.11. The van der Waals surface area contributed by atoms with Gasteiger partial charge in [0.2, 0.25) is 0 Å². The summed E-state index contributed by atoms with van der Waals surface area (Å²) in [7, 11) is 0. The Labute approximate surface area is 66.2 Å². The molecule has 0 amide bonds. The van der Waals surface area contributed by atoms with Crippen LogP contribution in [0.5, 0.6) is 0 Å². The molecule has 0 aliphatic rings. The minimum Gasteiger partial charge on any atom is -0.384 e. The lowest BCUT2D eigenvalue weighted by Crippen LogP contribution is -1.98. The molecule has 1 unspecified atom stereocenters. The van der Waals surface area contributed by atoms with Crippen LogP contribution in [0.3, 0.4) is 0 Å². The molecule has 0 aliphatic heterocycles. The normalized spacial score (nSPS) is 12.8. The van der Waals surface area contributed by atoms with E-state index in [0.29, 0.717) is 0 Å². The average molecular weight is 175 g/mol. The predicted molar refractivity (Wildman–Crippen MR) is 36.2 cm³/mol. The number of nitro groups is 1. The summed E-state index contributed by atoms with van der Waals surface area (Å²) in [6, 6.07) is 0.990. The van der Waals surface area contributed by atoms with Crippen molar-refractivity contribution in [3.05, 3.63) is 21.9 Å². The van der Waals surface area contributed by atoms with Crippen LogP contribution in [-0.4, -0.2) is 26.9 Å². The highest BCUT2D eigenvalue weighted by Gasteiger charge is 2.16. The summed E-state index contributed by atoms with van der Waals surface area (Å²) >= 11 is 0. The summed E-state index contributed by atoms with van der Waals surface area (Å²) in [4.78, 5) is 9.38. The van der Waals surface area contributed by atoms with Crippen molar-refractivity contribution in [2.45, 2.75) is 6.10 Å². The summed E-state index contributed by atoms with van der Waals surface area (Å²) in [6.07, 6.45) is -1.39. The van der Waals surface area contributed by atoms with Gasteiger partial charge in [-0.2, -0.15) is 0 Å². The average Bonchev–Trinajstić information content (AvgIpc) is 2.51. The van der Waals surface area contributed by atoms with Gasteiger partial charge in [-0.15, -0.1) is 5.10 Å². The summed E-state index contributed by atoms with van der Waals surface area (Å²) in [5.41, 5.74) is -0.0656. The van der Waals surface area contributed by atoms with Crippen LogP contribution in [0.2, 0.25) is 0 Å². The van der Waals surface area contributed by atoms with E-state index >= 15 is 0 Å². The molecule has 0 bridgehead atoms. The fourth-order valence-electron chi connectivity index (χ4n) is 0.670. The first-order valence-electron chi connectivity index (χ1n) is 3.09.